The van der Waals surface area contributed by atoms with Gasteiger partial charge in [-0.05, 0) is 56.7 Å². The maximum Gasteiger partial charge on any atom is 0.0575 e. The van der Waals surface area contributed by atoms with E-state index in [9.17, 15) is 0 Å². The third-order valence-corrected chi connectivity index (χ3v) is 5.60. The number of aryl methyl sites for hydroxylation is 2. The van der Waals surface area contributed by atoms with Gasteiger partial charge in [-0.25, -0.2) is 0 Å². The molecule has 1 aromatic heterocycles. The van der Waals surface area contributed by atoms with E-state index in [1.165, 1.54) is 21.4 Å². The molecule has 1 fully saturated rings. The standard InChI is InChI=1S/C19H24BrN3/c1-14-13-17(7-8-18(14)20)23-11-9-22(10-12-23)16(3)19-6-4-5-15(2)21-19/h4-8,13,16H,9-12H2,1-3H3. The van der Waals surface area contributed by atoms with E-state index in [1.807, 2.05) is 0 Å². The van der Waals surface area contributed by atoms with E-state index in [4.69, 9.17) is 0 Å². The molecular weight excluding hydrogens is 350 g/mol. The lowest BCUT2D eigenvalue weighted by Crippen LogP contribution is -2.47. The van der Waals surface area contributed by atoms with Crippen molar-refractivity contribution >= 4 is 21.6 Å². The lowest BCUT2D eigenvalue weighted by molar-refractivity contribution is 0.195. The summed E-state index contributed by atoms with van der Waals surface area (Å²) in [6, 6.07) is 13.3. The number of aromatic nitrogens is 1. The van der Waals surface area contributed by atoms with E-state index in [0.29, 0.717) is 6.04 Å². The largest absolute Gasteiger partial charge is 0.369 e. The second-order valence-corrected chi connectivity index (χ2v) is 7.19. The molecular formula is C19H24BrN3. The lowest BCUT2D eigenvalue weighted by Gasteiger charge is -2.39. The van der Waals surface area contributed by atoms with Crippen LogP contribution in [-0.2, 0) is 0 Å². The average Bonchev–Trinajstić information content (AvgIpc) is 2.57. The summed E-state index contributed by atoms with van der Waals surface area (Å²) in [5, 5.41) is 0. The van der Waals surface area contributed by atoms with Gasteiger partial charge in [-0.1, -0.05) is 22.0 Å². The third-order valence-electron chi connectivity index (χ3n) is 4.71. The van der Waals surface area contributed by atoms with Crippen LogP contribution in [0.3, 0.4) is 0 Å². The average molecular weight is 374 g/mol. The van der Waals surface area contributed by atoms with Crippen molar-refractivity contribution in [2.24, 2.45) is 0 Å². The van der Waals surface area contributed by atoms with Crippen LogP contribution in [0.25, 0.3) is 0 Å². The molecule has 1 saturated heterocycles. The van der Waals surface area contributed by atoms with Gasteiger partial charge in [0.25, 0.3) is 0 Å². The van der Waals surface area contributed by atoms with Crippen molar-refractivity contribution < 1.29 is 0 Å². The summed E-state index contributed by atoms with van der Waals surface area (Å²) in [6.45, 7) is 10.8. The molecule has 122 valence electrons. The first-order valence-corrected chi connectivity index (χ1v) is 9.02. The normalized spacial score (nSPS) is 17.3. The molecule has 0 radical (unpaired) electrons. The Morgan fingerprint density at radius 3 is 2.43 bits per heavy atom. The number of nitrogens with zero attached hydrogens (tertiary/aromatic N) is 3. The van der Waals surface area contributed by atoms with Crippen LogP contribution in [0.4, 0.5) is 5.69 Å². The van der Waals surface area contributed by atoms with Gasteiger partial charge < -0.3 is 4.90 Å². The van der Waals surface area contributed by atoms with Crippen molar-refractivity contribution in [3.63, 3.8) is 0 Å². The number of benzene rings is 1. The van der Waals surface area contributed by atoms with Gasteiger partial charge in [-0.2, -0.15) is 0 Å². The van der Waals surface area contributed by atoms with Crippen molar-refractivity contribution in [3.8, 4) is 0 Å². The fourth-order valence-electron chi connectivity index (χ4n) is 3.18. The van der Waals surface area contributed by atoms with E-state index in [1.54, 1.807) is 0 Å². The van der Waals surface area contributed by atoms with Gasteiger partial charge in [0.1, 0.15) is 0 Å². The van der Waals surface area contributed by atoms with Gasteiger partial charge in [0.2, 0.25) is 0 Å². The Morgan fingerprint density at radius 2 is 1.78 bits per heavy atom. The molecule has 0 N–H and O–H groups in total. The number of halogens is 1. The highest BCUT2D eigenvalue weighted by Crippen LogP contribution is 2.26. The second-order valence-electron chi connectivity index (χ2n) is 6.34. The maximum absolute atomic E-state index is 4.69. The van der Waals surface area contributed by atoms with E-state index >= 15 is 0 Å². The molecule has 1 aliphatic heterocycles. The molecule has 3 nitrogen and oxygen atoms in total. The number of anilines is 1. The number of hydrogen-bond acceptors (Lipinski definition) is 3. The van der Waals surface area contributed by atoms with Gasteiger partial charge in [-0.15, -0.1) is 0 Å². The van der Waals surface area contributed by atoms with Crippen LogP contribution in [0.1, 0.15) is 29.9 Å². The van der Waals surface area contributed by atoms with Gasteiger partial charge >= 0.3 is 0 Å². The first-order valence-electron chi connectivity index (χ1n) is 8.23. The number of rotatable bonds is 3. The Kier molecular flexibility index (Phi) is 5.02. The Hall–Kier alpha value is -1.39. The van der Waals surface area contributed by atoms with E-state index < -0.39 is 0 Å². The van der Waals surface area contributed by atoms with Gasteiger partial charge in [0.05, 0.1) is 5.69 Å². The molecule has 0 spiro atoms. The van der Waals surface area contributed by atoms with E-state index in [2.05, 4.69) is 87.9 Å². The zero-order valence-corrected chi connectivity index (χ0v) is 15.7. The van der Waals surface area contributed by atoms with Crippen LogP contribution in [0.15, 0.2) is 40.9 Å². The van der Waals surface area contributed by atoms with Gasteiger partial charge in [-0.3, -0.25) is 9.88 Å². The number of hydrogen-bond donors (Lipinski definition) is 0. The smallest absolute Gasteiger partial charge is 0.0575 e. The molecule has 1 aliphatic rings. The highest BCUT2D eigenvalue weighted by molar-refractivity contribution is 9.10. The summed E-state index contributed by atoms with van der Waals surface area (Å²) in [6.07, 6.45) is 0. The molecule has 1 atom stereocenters. The fourth-order valence-corrected chi connectivity index (χ4v) is 3.42. The number of piperazine rings is 1. The van der Waals surface area contributed by atoms with E-state index in [0.717, 1.165) is 31.9 Å². The molecule has 4 heteroatoms. The van der Waals surface area contributed by atoms with Crippen molar-refractivity contribution in [2.45, 2.75) is 26.8 Å². The van der Waals surface area contributed by atoms with E-state index in [-0.39, 0.29) is 0 Å². The Labute approximate surface area is 147 Å². The molecule has 2 heterocycles. The number of pyridine rings is 1. The van der Waals surface area contributed by atoms with Crippen LogP contribution < -0.4 is 4.90 Å². The van der Waals surface area contributed by atoms with Crippen molar-refractivity contribution in [1.82, 2.24) is 9.88 Å². The minimum absolute atomic E-state index is 0.378. The second kappa shape index (κ2) is 7.02. The molecule has 0 bridgehead atoms. The minimum Gasteiger partial charge on any atom is -0.369 e. The third kappa shape index (κ3) is 3.75. The zero-order chi connectivity index (χ0) is 16.4. The SMILES string of the molecule is Cc1cccc(C(C)N2CCN(c3ccc(Br)c(C)c3)CC2)n1. The fraction of sp³-hybridized carbons (Fsp3) is 0.421. The summed E-state index contributed by atoms with van der Waals surface area (Å²) >= 11 is 3.58. The molecule has 0 aliphatic carbocycles. The van der Waals surface area contributed by atoms with Gasteiger partial charge in [0.15, 0.2) is 0 Å². The summed E-state index contributed by atoms with van der Waals surface area (Å²) < 4.78 is 1.18. The summed E-state index contributed by atoms with van der Waals surface area (Å²) in [5.41, 5.74) is 4.89. The Morgan fingerprint density at radius 1 is 1.04 bits per heavy atom. The quantitative estimate of drug-likeness (QED) is 0.797. The Bertz CT molecular complexity index is 678. The lowest BCUT2D eigenvalue weighted by atomic mass is 10.1. The topological polar surface area (TPSA) is 19.4 Å². The molecule has 1 aromatic carbocycles. The van der Waals surface area contributed by atoms with Crippen LogP contribution in [-0.4, -0.2) is 36.1 Å². The highest BCUT2D eigenvalue weighted by atomic mass is 79.9. The van der Waals surface area contributed by atoms with Gasteiger partial charge in [0, 0.05) is 48.1 Å². The molecule has 3 rings (SSSR count). The van der Waals surface area contributed by atoms with Crippen LogP contribution >= 0.6 is 15.9 Å². The summed E-state index contributed by atoms with van der Waals surface area (Å²) in [7, 11) is 0. The maximum atomic E-state index is 4.69. The predicted molar refractivity (Wildman–Crippen MR) is 100 cm³/mol. The van der Waals surface area contributed by atoms with Crippen molar-refractivity contribution in [1.29, 1.82) is 0 Å². The first-order chi connectivity index (χ1) is 11.0. The molecule has 0 saturated carbocycles. The first kappa shape index (κ1) is 16.5. The minimum atomic E-state index is 0.378. The monoisotopic (exact) mass is 373 g/mol. The van der Waals surface area contributed by atoms with Crippen molar-refractivity contribution in [2.75, 3.05) is 31.1 Å². The molecule has 1 unspecified atom stereocenters. The molecule has 2 aromatic rings. The van der Waals surface area contributed by atoms with Crippen molar-refractivity contribution in [3.05, 3.63) is 57.8 Å². The Balaban J connectivity index is 1.65. The van der Waals surface area contributed by atoms with Crippen LogP contribution in [0, 0.1) is 13.8 Å². The molecule has 23 heavy (non-hydrogen) atoms. The van der Waals surface area contributed by atoms with Crippen LogP contribution in [0.5, 0.6) is 0 Å². The van der Waals surface area contributed by atoms with Crippen LogP contribution in [0.2, 0.25) is 0 Å². The zero-order valence-electron chi connectivity index (χ0n) is 14.1. The summed E-state index contributed by atoms with van der Waals surface area (Å²) in [5.74, 6) is 0. The highest BCUT2D eigenvalue weighted by Gasteiger charge is 2.23. The predicted octanol–water partition coefficient (Wildman–Crippen LogP) is 4.34. The summed E-state index contributed by atoms with van der Waals surface area (Å²) in [4.78, 5) is 9.70. The molecule has 0 amide bonds.